The zero-order valence-electron chi connectivity index (χ0n) is 25.9. The molecule has 0 N–H and O–H groups in total. The summed E-state index contributed by atoms with van der Waals surface area (Å²) in [5, 5.41) is 0. The molecule has 0 atom stereocenters. The first-order valence-electron chi connectivity index (χ1n) is 15.6. The molecule has 0 amide bonds. The Kier molecular flexibility index (Phi) is 9.91. The highest BCUT2D eigenvalue weighted by Gasteiger charge is 2.13. The molecule has 47 heavy (non-hydrogen) atoms. The molecule has 0 radical (unpaired) electrons. The molecule has 0 fully saturated rings. The molecule has 0 aromatic heterocycles. The maximum atomic E-state index is 12.6. The number of benzene rings is 6. The number of hydrogen-bond acceptors (Lipinski definition) is 4. The molecule has 4 nitrogen and oxygen atoms in total. The van der Waals surface area contributed by atoms with Crippen LogP contribution in [0.5, 0.6) is 0 Å². The summed E-state index contributed by atoms with van der Waals surface area (Å²) in [6.45, 7) is 0. The minimum Gasteiger partial charge on any atom is -0.311 e. The molecular weight excluding hydrogens is 576 g/mol. The Balaban J connectivity index is 1.07. The van der Waals surface area contributed by atoms with Crippen molar-refractivity contribution in [1.29, 1.82) is 0 Å². The summed E-state index contributed by atoms with van der Waals surface area (Å²) >= 11 is 0. The molecule has 6 aromatic carbocycles. The van der Waals surface area contributed by atoms with E-state index in [0.29, 0.717) is 0 Å². The summed E-state index contributed by atoms with van der Waals surface area (Å²) in [7, 11) is 0. The smallest absolute Gasteiger partial charge is 0.163 e. The van der Waals surface area contributed by atoms with Gasteiger partial charge < -0.3 is 9.80 Å². The van der Waals surface area contributed by atoms with Crippen LogP contribution in [-0.2, 0) is 9.59 Å². The highest BCUT2D eigenvalue weighted by Crippen LogP contribution is 2.35. The summed E-state index contributed by atoms with van der Waals surface area (Å²) in [6, 6.07) is 56.8. The van der Waals surface area contributed by atoms with Gasteiger partial charge >= 0.3 is 0 Å². The van der Waals surface area contributed by atoms with Crippen molar-refractivity contribution in [1.82, 2.24) is 0 Å². The summed E-state index contributed by atoms with van der Waals surface area (Å²) in [6.07, 6.45) is 6.27. The number of nitrogens with zero attached hydrogens (tertiary/aromatic N) is 2. The van der Waals surface area contributed by atoms with Crippen LogP contribution in [0.4, 0.5) is 34.1 Å². The standard InChI is InChI=1S/C43H34N2O2/c46-42(31-25-34-21-27-40(28-22-34)44(36-13-5-1-6-14-36)37-15-7-2-8-16-37)33-43(47)32-26-35-23-29-41(30-24-35)45(38-17-9-3-10-18-38)39-19-11-4-12-20-39/h1-32H,33H2/b31-25+,32-26+. The van der Waals surface area contributed by atoms with Crippen LogP contribution < -0.4 is 9.80 Å². The second-order valence-electron chi connectivity index (χ2n) is 11.0. The Morgan fingerprint density at radius 1 is 0.362 bits per heavy atom. The zero-order valence-corrected chi connectivity index (χ0v) is 25.9. The third-order valence-corrected chi connectivity index (χ3v) is 7.63. The van der Waals surface area contributed by atoms with Gasteiger partial charge in [-0.15, -0.1) is 0 Å². The molecule has 0 spiro atoms. The lowest BCUT2D eigenvalue weighted by atomic mass is 10.1. The van der Waals surface area contributed by atoms with Crippen LogP contribution in [0, 0.1) is 0 Å². The minimum atomic E-state index is -0.240. The van der Waals surface area contributed by atoms with Crippen LogP contribution in [0.2, 0.25) is 0 Å². The van der Waals surface area contributed by atoms with E-state index >= 15 is 0 Å². The molecule has 0 unspecified atom stereocenters. The SMILES string of the molecule is O=C(/C=C/c1ccc(N(c2ccccc2)c2ccccc2)cc1)CC(=O)/C=C/c1ccc(N(c2ccccc2)c2ccccc2)cc1. The third kappa shape index (κ3) is 8.07. The normalized spacial score (nSPS) is 11.1. The molecule has 6 rings (SSSR count). The van der Waals surface area contributed by atoms with Gasteiger partial charge in [0.1, 0.15) is 0 Å². The molecule has 4 heteroatoms. The van der Waals surface area contributed by atoms with Crippen molar-refractivity contribution in [2.24, 2.45) is 0 Å². The highest BCUT2D eigenvalue weighted by molar-refractivity contribution is 6.10. The predicted octanol–water partition coefficient (Wildman–Crippen LogP) is 10.9. The fraction of sp³-hybridized carbons (Fsp3) is 0.0233. The van der Waals surface area contributed by atoms with E-state index in [1.165, 1.54) is 12.2 Å². The number of carbonyl (C=O) groups excluding carboxylic acids is 2. The third-order valence-electron chi connectivity index (χ3n) is 7.63. The quantitative estimate of drug-likeness (QED) is 0.102. The first-order chi connectivity index (χ1) is 23.1. The monoisotopic (exact) mass is 610 g/mol. The molecule has 0 heterocycles. The van der Waals surface area contributed by atoms with Crippen molar-refractivity contribution in [2.45, 2.75) is 6.42 Å². The number of anilines is 6. The van der Waals surface area contributed by atoms with Crippen molar-refractivity contribution in [3.63, 3.8) is 0 Å². The minimum absolute atomic E-state index is 0.186. The van der Waals surface area contributed by atoms with Gasteiger partial charge in [0.15, 0.2) is 11.6 Å². The van der Waals surface area contributed by atoms with Gasteiger partial charge in [0, 0.05) is 34.1 Å². The van der Waals surface area contributed by atoms with Gasteiger partial charge in [0.05, 0.1) is 6.42 Å². The molecule has 6 aromatic rings. The molecule has 0 aliphatic carbocycles. The maximum absolute atomic E-state index is 12.6. The average molecular weight is 611 g/mol. The van der Waals surface area contributed by atoms with Crippen molar-refractivity contribution in [2.75, 3.05) is 9.80 Å². The van der Waals surface area contributed by atoms with Crippen molar-refractivity contribution in [3.8, 4) is 0 Å². The molecule has 0 bridgehead atoms. The van der Waals surface area contributed by atoms with E-state index in [2.05, 4.69) is 58.3 Å². The van der Waals surface area contributed by atoms with E-state index < -0.39 is 0 Å². The second-order valence-corrected chi connectivity index (χ2v) is 11.0. The van der Waals surface area contributed by atoms with Gasteiger partial charge in [-0.1, -0.05) is 109 Å². The Hall–Kier alpha value is -6.26. The number of rotatable bonds is 12. The van der Waals surface area contributed by atoms with Crippen LogP contribution in [-0.4, -0.2) is 11.6 Å². The van der Waals surface area contributed by atoms with Gasteiger partial charge in [-0.3, -0.25) is 9.59 Å². The van der Waals surface area contributed by atoms with Crippen LogP contribution in [0.1, 0.15) is 17.5 Å². The van der Waals surface area contributed by atoms with Crippen LogP contribution in [0.15, 0.2) is 182 Å². The van der Waals surface area contributed by atoms with E-state index in [0.717, 1.165) is 45.3 Å². The first kappa shape index (κ1) is 30.8. The molecule has 0 aliphatic rings. The van der Waals surface area contributed by atoms with E-state index in [4.69, 9.17) is 0 Å². The number of allylic oxidation sites excluding steroid dienone is 2. The van der Waals surface area contributed by atoms with Crippen LogP contribution in [0.3, 0.4) is 0 Å². The summed E-state index contributed by atoms with van der Waals surface area (Å²) < 4.78 is 0. The molecule has 0 saturated carbocycles. The number of hydrogen-bond donors (Lipinski definition) is 0. The zero-order chi connectivity index (χ0) is 32.3. The Bertz CT molecular complexity index is 1730. The fourth-order valence-electron chi connectivity index (χ4n) is 5.34. The summed E-state index contributed by atoms with van der Waals surface area (Å²) in [5.41, 5.74) is 8.00. The van der Waals surface area contributed by atoms with Crippen molar-refractivity contribution in [3.05, 3.63) is 193 Å². The lowest BCUT2D eigenvalue weighted by molar-refractivity contribution is -0.121. The second kappa shape index (κ2) is 15.2. The summed E-state index contributed by atoms with van der Waals surface area (Å²) in [4.78, 5) is 29.6. The largest absolute Gasteiger partial charge is 0.311 e. The van der Waals surface area contributed by atoms with Crippen molar-refractivity contribution >= 4 is 57.8 Å². The molecular formula is C43H34N2O2. The lowest BCUT2D eigenvalue weighted by Gasteiger charge is -2.25. The van der Waals surface area contributed by atoms with Crippen molar-refractivity contribution < 1.29 is 9.59 Å². The van der Waals surface area contributed by atoms with E-state index in [1.54, 1.807) is 12.2 Å². The molecule has 0 saturated heterocycles. The predicted molar refractivity (Wildman–Crippen MR) is 195 cm³/mol. The molecule has 228 valence electrons. The Labute approximate surface area is 276 Å². The van der Waals surface area contributed by atoms with Gasteiger partial charge in [0.25, 0.3) is 0 Å². The first-order valence-corrected chi connectivity index (χ1v) is 15.6. The topological polar surface area (TPSA) is 40.6 Å². The molecule has 0 aliphatic heterocycles. The number of ketones is 2. The number of para-hydroxylation sites is 4. The lowest BCUT2D eigenvalue weighted by Crippen LogP contribution is -2.09. The van der Waals surface area contributed by atoms with E-state index in [9.17, 15) is 9.59 Å². The van der Waals surface area contributed by atoms with Gasteiger partial charge in [0.2, 0.25) is 0 Å². The van der Waals surface area contributed by atoms with E-state index in [1.807, 2.05) is 121 Å². The van der Waals surface area contributed by atoms with Gasteiger partial charge in [-0.05, 0) is 96.1 Å². The maximum Gasteiger partial charge on any atom is 0.163 e. The van der Waals surface area contributed by atoms with Gasteiger partial charge in [-0.25, -0.2) is 0 Å². The van der Waals surface area contributed by atoms with Crippen LogP contribution in [0.25, 0.3) is 12.2 Å². The Morgan fingerprint density at radius 2 is 0.617 bits per heavy atom. The van der Waals surface area contributed by atoms with Crippen LogP contribution >= 0.6 is 0 Å². The average Bonchev–Trinajstić information content (AvgIpc) is 3.13. The number of carbonyl (C=O) groups is 2. The highest BCUT2D eigenvalue weighted by atomic mass is 16.1. The van der Waals surface area contributed by atoms with E-state index in [-0.39, 0.29) is 18.0 Å². The Morgan fingerprint density at radius 3 is 0.894 bits per heavy atom. The summed E-state index contributed by atoms with van der Waals surface area (Å²) in [5.74, 6) is -0.480. The van der Waals surface area contributed by atoms with Gasteiger partial charge in [-0.2, -0.15) is 0 Å². The fourth-order valence-corrected chi connectivity index (χ4v) is 5.34.